The lowest BCUT2D eigenvalue weighted by Gasteiger charge is -2.12. The number of benzene rings is 2. The lowest BCUT2D eigenvalue weighted by atomic mass is 10.1. The molecular weight excluding hydrogens is 400 g/mol. The smallest absolute Gasteiger partial charge is 0.386 e. The second kappa shape index (κ2) is 6.91. The molecule has 0 aliphatic rings. The van der Waals surface area contributed by atoms with E-state index in [4.69, 9.17) is 5.14 Å². The molecule has 0 spiro atoms. The molecule has 0 aliphatic heterocycles. The Kier molecular flexibility index (Phi) is 4.90. The number of alkyl halides is 3. The van der Waals surface area contributed by atoms with Gasteiger partial charge in [0.2, 0.25) is 10.0 Å². The van der Waals surface area contributed by atoms with E-state index in [1.54, 1.807) is 0 Å². The van der Waals surface area contributed by atoms with Gasteiger partial charge in [0.1, 0.15) is 10.7 Å². The molecule has 0 bridgehead atoms. The van der Waals surface area contributed by atoms with Gasteiger partial charge in [-0.2, -0.15) is 18.3 Å². The average Bonchev–Trinajstić information content (AvgIpc) is 3.06. The van der Waals surface area contributed by atoms with Crippen molar-refractivity contribution in [2.24, 2.45) is 5.14 Å². The molecule has 3 N–H and O–H groups in total. The van der Waals surface area contributed by atoms with Crippen molar-refractivity contribution in [2.75, 3.05) is 12.4 Å². The minimum absolute atomic E-state index is 0.0729. The highest BCUT2D eigenvalue weighted by Crippen LogP contribution is 2.35. The maximum absolute atomic E-state index is 14.1. The van der Waals surface area contributed by atoms with Gasteiger partial charge in [-0.25, -0.2) is 22.6 Å². The average molecular weight is 414 g/mol. The van der Waals surface area contributed by atoms with Crippen LogP contribution in [0.15, 0.2) is 53.4 Å². The van der Waals surface area contributed by atoms with Crippen molar-refractivity contribution in [3.05, 3.63) is 60.0 Å². The van der Waals surface area contributed by atoms with Crippen LogP contribution >= 0.6 is 0 Å². The first kappa shape index (κ1) is 19.8. The van der Waals surface area contributed by atoms with Crippen LogP contribution in [-0.2, 0) is 16.2 Å². The van der Waals surface area contributed by atoms with E-state index in [1.807, 2.05) is 0 Å². The fourth-order valence-corrected chi connectivity index (χ4v) is 3.37. The summed E-state index contributed by atoms with van der Waals surface area (Å²) in [6.45, 7) is 0. The summed E-state index contributed by atoms with van der Waals surface area (Å²) in [7, 11) is -2.76. The molecule has 1 aromatic heterocycles. The highest BCUT2D eigenvalue weighted by atomic mass is 32.2. The number of hydrogen-bond donors (Lipinski definition) is 2. The topological polar surface area (TPSA) is 90.0 Å². The number of halogens is 4. The first-order valence-electron chi connectivity index (χ1n) is 7.79. The van der Waals surface area contributed by atoms with Crippen molar-refractivity contribution >= 4 is 15.7 Å². The molecule has 28 heavy (non-hydrogen) atoms. The van der Waals surface area contributed by atoms with Crippen LogP contribution in [0.3, 0.4) is 0 Å². The van der Waals surface area contributed by atoms with Crippen LogP contribution in [-0.4, -0.2) is 25.2 Å². The molecule has 0 saturated carbocycles. The van der Waals surface area contributed by atoms with Crippen LogP contribution in [0.5, 0.6) is 0 Å². The van der Waals surface area contributed by atoms with Gasteiger partial charge in [-0.05, 0) is 30.3 Å². The van der Waals surface area contributed by atoms with E-state index >= 15 is 0 Å². The molecule has 0 amide bonds. The Hall–Kier alpha value is -2.92. The number of aromatic nitrogens is 2. The van der Waals surface area contributed by atoms with Crippen LogP contribution < -0.4 is 10.5 Å². The number of rotatable bonds is 4. The summed E-state index contributed by atoms with van der Waals surface area (Å²) in [5.41, 5.74) is -1.37. The minimum atomic E-state index is -4.79. The van der Waals surface area contributed by atoms with Crippen LogP contribution in [0.2, 0.25) is 0 Å². The first-order chi connectivity index (χ1) is 13.0. The monoisotopic (exact) mass is 414 g/mol. The summed E-state index contributed by atoms with van der Waals surface area (Å²) < 4.78 is 78.4. The summed E-state index contributed by atoms with van der Waals surface area (Å²) in [6, 6.07) is 9.68. The molecule has 0 aliphatic carbocycles. The summed E-state index contributed by atoms with van der Waals surface area (Å²) in [4.78, 5) is -0.416. The van der Waals surface area contributed by atoms with E-state index < -0.39 is 32.6 Å². The van der Waals surface area contributed by atoms with E-state index in [-0.39, 0.29) is 22.6 Å². The van der Waals surface area contributed by atoms with Gasteiger partial charge in [0.15, 0.2) is 5.69 Å². The highest BCUT2D eigenvalue weighted by Gasteiger charge is 2.36. The molecule has 3 aromatic rings. The van der Waals surface area contributed by atoms with Gasteiger partial charge in [-0.1, -0.05) is 18.2 Å². The Balaban J connectivity index is 2.31. The third-order valence-electron chi connectivity index (χ3n) is 3.93. The van der Waals surface area contributed by atoms with E-state index in [0.717, 1.165) is 16.8 Å². The van der Waals surface area contributed by atoms with Crippen molar-refractivity contribution in [3.63, 3.8) is 0 Å². The number of nitrogens with zero attached hydrogens (tertiary/aromatic N) is 2. The first-order valence-corrected chi connectivity index (χ1v) is 9.34. The third-order valence-corrected chi connectivity index (χ3v) is 4.89. The summed E-state index contributed by atoms with van der Waals surface area (Å²) in [5.74, 6) is -0.693. The molecule has 6 nitrogen and oxygen atoms in total. The van der Waals surface area contributed by atoms with Gasteiger partial charge >= 0.3 is 6.18 Å². The number of hydrogen-bond acceptors (Lipinski definition) is 4. The minimum Gasteiger partial charge on any atom is -0.386 e. The molecular formula is C17H14F4N4O2S. The fraction of sp³-hybridized carbons (Fsp3) is 0.118. The second-order valence-electron chi connectivity index (χ2n) is 5.78. The van der Waals surface area contributed by atoms with Crippen LogP contribution in [0, 0.1) is 5.82 Å². The normalized spacial score (nSPS) is 12.2. The predicted octanol–water partition coefficient (Wildman–Crippen LogP) is 3.39. The molecule has 0 saturated heterocycles. The van der Waals surface area contributed by atoms with E-state index in [1.165, 1.54) is 37.4 Å². The zero-order valence-corrected chi connectivity index (χ0v) is 15.1. The molecule has 3 rings (SSSR count). The maximum Gasteiger partial charge on any atom is 0.435 e. The standard InChI is InChI=1S/C17H14F4N4O2S/c1-23-12-7-6-10(8-11(12)18)14-9-16(17(19,20)21)24-25(14)13-4-2-3-5-15(13)28(22,26)27/h2-9,23H,1H3,(H2,22,26,27). The summed E-state index contributed by atoms with van der Waals surface area (Å²) in [5, 5.41) is 11.3. The van der Waals surface area contributed by atoms with Gasteiger partial charge in [0.05, 0.1) is 17.1 Å². The van der Waals surface area contributed by atoms with Crippen molar-refractivity contribution in [3.8, 4) is 16.9 Å². The van der Waals surface area contributed by atoms with Crippen LogP contribution in [0.1, 0.15) is 5.69 Å². The van der Waals surface area contributed by atoms with Gasteiger partial charge < -0.3 is 5.32 Å². The molecule has 0 fully saturated rings. The number of primary sulfonamides is 1. The zero-order valence-electron chi connectivity index (χ0n) is 14.3. The van der Waals surface area contributed by atoms with E-state index in [2.05, 4.69) is 10.4 Å². The summed E-state index contributed by atoms with van der Waals surface area (Å²) >= 11 is 0. The molecule has 0 unspecified atom stereocenters. The van der Waals surface area contributed by atoms with Gasteiger partial charge in [0.25, 0.3) is 0 Å². The maximum atomic E-state index is 14.1. The second-order valence-corrected chi connectivity index (χ2v) is 7.31. The van der Waals surface area contributed by atoms with Gasteiger partial charge in [-0.3, -0.25) is 0 Å². The lowest BCUT2D eigenvalue weighted by Crippen LogP contribution is -2.16. The quantitative estimate of drug-likeness (QED) is 0.641. The highest BCUT2D eigenvalue weighted by molar-refractivity contribution is 7.89. The largest absolute Gasteiger partial charge is 0.435 e. The number of nitrogens with two attached hydrogens (primary N) is 1. The Morgan fingerprint density at radius 3 is 2.36 bits per heavy atom. The van der Waals surface area contributed by atoms with Crippen molar-refractivity contribution < 1.29 is 26.0 Å². The molecule has 11 heteroatoms. The predicted molar refractivity (Wildman–Crippen MR) is 94.9 cm³/mol. The van der Waals surface area contributed by atoms with E-state index in [0.29, 0.717) is 6.07 Å². The molecule has 0 atom stereocenters. The zero-order chi connectivity index (χ0) is 20.7. The number of anilines is 1. The van der Waals surface area contributed by atoms with Gasteiger partial charge in [-0.15, -0.1) is 0 Å². The molecule has 2 aromatic carbocycles. The summed E-state index contributed by atoms with van der Waals surface area (Å²) in [6.07, 6.45) is -4.79. The van der Waals surface area contributed by atoms with Gasteiger partial charge in [0, 0.05) is 12.6 Å². The van der Waals surface area contributed by atoms with Crippen LogP contribution in [0.25, 0.3) is 16.9 Å². The number of nitrogens with one attached hydrogen (secondary N) is 1. The third kappa shape index (κ3) is 3.71. The Morgan fingerprint density at radius 1 is 1.11 bits per heavy atom. The Morgan fingerprint density at radius 2 is 1.79 bits per heavy atom. The molecule has 148 valence electrons. The Labute approximate surface area is 157 Å². The SMILES string of the molecule is CNc1ccc(-c2cc(C(F)(F)F)nn2-c2ccccc2S(N)(=O)=O)cc1F. The lowest BCUT2D eigenvalue weighted by molar-refractivity contribution is -0.141. The van der Waals surface area contributed by atoms with Crippen molar-refractivity contribution in [1.82, 2.24) is 9.78 Å². The van der Waals surface area contributed by atoms with E-state index in [9.17, 15) is 26.0 Å². The number of para-hydroxylation sites is 1. The van der Waals surface area contributed by atoms with Crippen LogP contribution in [0.4, 0.5) is 23.2 Å². The van der Waals surface area contributed by atoms with Crippen molar-refractivity contribution in [1.29, 1.82) is 0 Å². The van der Waals surface area contributed by atoms with Crippen molar-refractivity contribution in [2.45, 2.75) is 11.1 Å². The Bertz CT molecular complexity index is 1140. The number of sulfonamides is 1. The fourth-order valence-electron chi connectivity index (χ4n) is 2.66. The molecule has 1 heterocycles. The molecule has 0 radical (unpaired) electrons.